The number of benzene rings is 1. The van der Waals surface area contributed by atoms with E-state index in [1.807, 2.05) is 0 Å². The van der Waals surface area contributed by atoms with Gasteiger partial charge in [0.2, 0.25) is 11.8 Å². The molecule has 0 fully saturated rings. The molecule has 1 rings (SSSR count). The van der Waals surface area contributed by atoms with E-state index in [0.717, 1.165) is 6.08 Å². The zero-order valence-electron chi connectivity index (χ0n) is 9.01. The van der Waals surface area contributed by atoms with E-state index in [-0.39, 0.29) is 10.6 Å². The van der Waals surface area contributed by atoms with E-state index in [1.54, 1.807) is 0 Å². The number of hydrogen-bond acceptors (Lipinski definition) is 3. The van der Waals surface area contributed by atoms with Gasteiger partial charge in [-0.15, -0.1) is 0 Å². The van der Waals surface area contributed by atoms with Crippen LogP contribution in [-0.4, -0.2) is 22.9 Å². The lowest BCUT2D eigenvalue weighted by molar-refractivity contribution is -0.131. The van der Waals surface area contributed by atoms with Crippen molar-refractivity contribution >= 4 is 35.1 Å². The van der Waals surface area contributed by atoms with E-state index >= 15 is 0 Å². The molecule has 0 saturated carbocycles. The second kappa shape index (κ2) is 5.83. The number of halogens is 1. The van der Waals surface area contributed by atoms with Crippen LogP contribution < -0.4 is 11.1 Å². The van der Waals surface area contributed by atoms with Crippen molar-refractivity contribution in [1.29, 1.82) is 0 Å². The molecule has 6 nitrogen and oxygen atoms in total. The van der Waals surface area contributed by atoms with Crippen molar-refractivity contribution in [1.82, 2.24) is 0 Å². The second-order valence-corrected chi connectivity index (χ2v) is 3.63. The number of carboxylic acids is 1. The Morgan fingerprint density at radius 3 is 2.44 bits per heavy atom. The van der Waals surface area contributed by atoms with Crippen LogP contribution in [-0.2, 0) is 9.59 Å². The van der Waals surface area contributed by atoms with Crippen molar-refractivity contribution < 1.29 is 19.5 Å². The third kappa shape index (κ3) is 3.91. The van der Waals surface area contributed by atoms with Crippen LogP contribution in [0.15, 0.2) is 30.4 Å². The molecular weight excluding hydrogens is 260 g/mol. The molecule has 0 aromatic heterocycles. The van der Waals surface area contributed by atoms with Crippen LogP contribution >= 0.6 is 11.6 Å². The van der Waals surface area contributed by atoms with E-state index in [9.17, 15) is 14.4 Å². The predicted molar refractivity (Wildman–Crippen MR) is 65.4 cm³/mol. The Labute approximate surface area is 107 Å². The molecule has 0 bridgehead atoms. The van der Waals surface area contributed by atoms with Crippen LogP contribution in [0.4, 0.5) is 5.69 Å². The fourth-order valence-corrected chi connectivity index (χ4v) is 1.40. The summed E-state index contributed by atoms with van der Waals surface area (Å²) in [5, 5.41) is 10.8. The summed E-state index contributed by atoms with van der Waals surface area (Å²) in [5.41, 5.74) is 5.52. The van der Waals surface area contributed by atoms with Gasteiger partial charge in [-0.3, -0.25) is 9.59 Å². The number of anilines is 1. The van der Waals surface area contributed by atoms with Crippen LogP contribution in [0.1, 0.15) is 10.4 Å². The summed E-state index contributed by atoms with van der Waals surface area (Å²) < 4.78 is 0. The Kier molecular flexibility index (Phi) is 4.45. The zero-order valence-corrected chi connectivity index (χ0v) is 9.77. The standard InChI is InChI=1S/C11H9ClN2O4/c12-8-5-6(1-2-7(8)11(13)18)14-9(15)3-4-10(16)17/h1-5H,(H2,13,18)(H,14,15)(H,16,17)/b4-3-. The molecule has 18 heavy (non-hydrogen) atoms. The molecular formula is C11H9ClN2O4. The maximum Gasteiger partial charge on any atom is 0.328 e. The molecule has 0 saturated heterocycles. The smallest absolute Gasteiger partial charge is 0.328 e. The number of aliphatic carboxylic acids is 1. The number of carbonyl (C=O) groups excluding carboxylic acids is 2. The second-order valence-electron chi connectivity index (χ2n) is 3.22. The van der Waals surface area contributed by atoms with E-state index in [1.165, 1.54) is 18.2 Å². The van der Waals surface area contributed by atoms with Gasteiger partial charge in [0, 0.05) is 17.8 Å². The lowest BCUT2D eigenvalue weighted by Gasteiger charge is -2.04. The minimum absolute atomic E-state index is 0.0996. The Bertz CT molecular complexity index is 540. The van der Waals surface area contributed by atoms with Gasteiger partial charge in [-0.25, -0.2) is 4.79 Å². The molecule has 7 heteroatoms. The number of nitrogens with one attached hydrogen (secondary N) is 1. The van der Waals surface area contributed by atoms with Gasteiger partial charge in [-0.2, -0.15) is 0 Å². The highest BCUT2D eigenvalue weighted by Crippen LogP contribution is 2.20. The first-order valence-electron chi connectivity index (χ1n) is 4.71. The van der Waals surface area contributed by atoms with Crippen molar-refractivity contribution in [2.24, 2.45) is 5.73 Å². The van der Waals surface area contributed by atoms with Gasteiger partial charge in [0.15, 0.2) is 0 Å². The van der Waals surface area contributed by atoms with Crippen molar-refractivity contribution in [3.05, 3.63) is 40.9 Å². The number of carbonyl (C=O) groups is 3. The highest BCUT2D eigenvalue weighted by molar-refractivity contribution is 6.34. The summed E-state index contributed by atoms with van der Waals surface area (Å²) in [7, 11) is 0. The Balaban J connectivity index is 2.81. The van der Waals surface area contributed by atoms with Gasteiger partial charge in [0.1, 0.15) is 0 Å². The van der Waals surface area contributed by atoms with E-state index in [0.29, 0.717) is 11.8 Å². The number of amides is 2. The van der Waals surface area contributed by atoms with Gasteiger partial charge in [-0.05, 0) is 18.2 Å². The quantitative estimate of drug-likeness (QED) is 0.708. The number of rotatable bonds is 4. The SMILES string of the molecule is NC(=O)c1ccc(NC(=O)/C=C\C(=O)O)cc1Cl. The maximum absolute atomic E-state index is 11.3. The minimum Gasteiger partial charge on any atom is -0.478 e. The summed E-state index contributed by atoms with van der Waals surface area (Å²) in [4.78, 5) is 32.3. The fraction of sp³-hybridized carbons (Fsp3) is 0. The molecule has 1 aromatic rings. The molecule has 4 N–H and O–H groups in total. The molecule has 0 spiro atoms. The van der Waals surface area contributed by atoms with Crippen LogP contribution in [0, 0.1) is 0 Å². The van der Waals surface area contributed by atoms with Crippen molar-refractivity contribution in [2.45, 2.75) is 0 Å². The van der Waals surface area contributed by atoms with Crippen molar-refractivity contribution in [2.75, 3.05) is 5.32 Å². The van der Waals surface area contributed by atoms with Gasteiger partial charge < -0.3 is 16.2 Å². The monoisotopic (exact) mass is 268 g/mol. The van der Waals surface area contributed by atoms with Gasteiger partial charge in [0.05, 0.1) is 10.6 Å². The first-order valence-corrected chi connectivity index (χ1v) is 5.09. The molecule has 0 heterocycles. The Morgan fingerprint density at radius 1 is 1.28 bits per heavy atom. The molecule has 2 amide bonds. The molecule has 1 aromatic carbocycles. The molecule has 94 valence electrons. The van der Waals surface area contributed by atoms with Gasteiger partial charge in [-0.1, -0.05) is 11.6 Å². The number of nitrogens with two attached hydrogens (primary N) is 1. The summed E-state index contributed by atoms with van der Waals surface area (Å²) >= 11 is 5.77. The topological polar surface area (TPSA) is 109 Å². The van der Waals surface area contributed by atoms with E-state index < -0.39 is 17.8 Å². The summed E-state index contributed by atoms with van der Waals surface area (Å²) in [6.45, 7) is 0. The third-order valence-corrected chi connectivity index (χ3v) is 2.19. The highest BCUT2D eigenvalue weighted by atomic mass is 35.5. The highest BCUT2D eigenvalue weighted by Gasteiger charge is 2.07. The Morgan fingerprint density at radius 2 is 1.94 bits per heavy atom. The van der Waals surface area contributed by atoms with E-state index in [2.05, 4.69) is 5.32 Å². The first-order chi connectivity index (χ1) is 8.40. The largest absolute Gasteiger partial charge is 0.478 e. The van der Waals surface area contributed by atoms with Gasteiger partial charge >= 0.3 is 5.97 Å². The summed E-state index contributed by atoms with van der Waals surface area (Å²) in [5.74, 6) is -2.53. The van der Waals surface area contributed by atoms with Gasteiger partial charge in [0.25, 0.3) is 0 Å². The predicted octanol–water partition coefficient (Wildman–Crippen LogP) is 1.02. The molecule has 0 aliphatic carbocycles. The first kappa shape index (κ1) is 13.7. The third-order valence-electron chi connectivity index (χ3n) is 1.88. The average Bonchev–Trinajstić information content (AvgIpc) is 2.26. The molecule has 0 radical (unpaired) electrons. The summed E-state index contributed by atoms with van der Waals surface area (Å²) in [6, 6.07) is 4.13. The fourth-order valence-electron chi connectivity index (χ4n) is 1.12. The number of hydrogen-bond donors (Lipinski definition) is 3. The molecule has 0 unspecified atom stereocenters. The summed E-state index contributed by atoms with van der Waals surface area (Å²) in [6.07, 6.45) is 1.56. The normalized spacial score (nSPS) is 10.3. The van der Waals surface area contributed by atoms with Crippen molar-refractivity contribution in [3.63, 3.8) is 0 Å². The number of carboxylic acid groups (broad SMARTS) is 1. The lowest BCUT2D eigenvalue weighted by atomic mass is 10.2. The number of primary amides is 1. The maximum atomic E-state index is 11.3. The Hall–Kier alpha value is -2.34. The van der Waals surface area contributed by atoms with Crippen molar-refractivity contribution in [3.8, 4) is 0 Å². The minimum atomic E-state index is -1.23. The molecule has 0 atom stereocenters. The zero-order chi connectivity index (χ0) is 13.7. The molecule has 0 aliphatic heterocycles. The molecule has 0 aliphatic rings. The van der Waals surface area contributed by atoms with Crippen LogP contribution in [0.5, 0.6) is 0 Å². The lowest BCUT2D eigenvalue weighted by Crippen LogP contribution is -2.13. The van der Waals surface area contributed by atoms with E-state index in [4.69, 9.17) is 22.4 Å². The van der Waals surface area contributed by atoms with Crippen LogP contribution in [0.3, 0.4) is 0 Å². The van der Waals surface area contributed by atoms with Crippen LogP contribution in [0.2, 0.25) is 5.02 Å². The van der Waals surface area contributed by atoms with Crippen LogP contribution in [0.25, 0.3) is 0 Å². The average molecular weight is 269 g/mol.